The predicted octanol–water partition coefficient (Wildman–Crippen LogP) is 6.89. The maximum absolute atomic E-state index is 17.5. The molecular formula is C35H34FNO5S2. The van der Waals surface area contributed by atoms with Crippen LogP contribution in [-0.4, -0.2) is 45.1 Å². The average molecular weight is 632 g/mol. The summed E-state index contributed by atoms with van der Waals surface area (Å²) in [5.41, 5.74) is -4.99. The van der Waals surface area contributed by atoms with Crippen LogP contribution in [0.25, 0.3) is 0 Å². The number of thioether (sulfide) groups is 1. The number of ketones is 1. The lowest BCUT2D eigenvalue weighted by atomic mass is 9.45. The fraction of sp³-hybridized carbons (Fsp3) is 0.429. The molecule has 4 aliphatic carbocycles. The van der Waals surface area contributed by atoms with Crippen LogP contribution in [-0.2, 0) is 14.3 Å². The summed E-state index contributed by atoms with van der Waals surface area (Å²) in [7, 11) is 0. The van der Waals surface area contributed by atoms with Gasteiger partial charge in [0.2, 0.25) is 5.12 Å². The zero-order valence-corrected chi connectivity index (χ0v) is 26.3. The van der Waals surface area contributed by atoms with Gasteiger partial charge in [0.15, 0.2) is 17.1 Å². The number of aliphatic hydroxyl groups is 1. The van der Waals surface area contributed by atoms with Crippen LogP contribution in [0.15, 0.2) is 88.2 Å². The third-order valence-electron chi connectivity index (χ3n) is 10.7. The molecule has 228 valence electrons. The Kier molecular flexibility index (Phi) is 7.92. The first-order valence-corrected chi connectivity index (χ1v) is 16.7. The molecule has 0 aromatic heterocycles. The molecule has 7 atom stereocenters. The summed E-state index contributed by atoms with van der Waals surface area (Å²) in [5.74, 6) is -1.97. The van der Waals surface area contributed by atoms with E-state index in [9.17, 15) is 24.8 Å². The smallest absolute Gasteiger partial charge is 0.339 e. The molecule has 2 aromatic rings. The van der Waals surface area contributed by atoms with Crippen LogP contribution >= 0.6 is 23.5 Å². The molecule has 1 N–H and O–H groups in total. The Labute approximate surface area is 265 Å². The van der Waals surface area contributed by atoms with E-state index >= 15 is 4.39 Å². The van der Waals surface area contributed by atoms with Gasteiger partial charge in [-0.2, -0.15) is 5.26 Å². The molecule has 3 unspecified atom stereocenters. The van der Waals surface area contributed by atoms with Crippen LogP contribution in [0.2, 0.25) is 0 Å². The van der Waals surface area contributed by atoms with Crippen LogP contribution in [0.5, 0.6) is 0 Å². The lowest BCUT2D eigenvalue weighted by molar-refractivity contribution is -0.214. The number of rotatable bonds is 6. The summed E-state index contributed by atoms with van der Waals surface area (Å²) in [6.45, 7) is 3.58. The molecular weight excluding hydrogens is 598 g/mol. The molecule has 9 heteroatoms. The second-order valence-electron chi connectivity index (χ2n) is 12.7. The molecule has 0 spiro atoms. The van der Waals surface area contributed by atoms with Crippen molar-refractivity contribution in [3.63, 3.8) is 0 Å². The van der Waals surface area contributed by atoms with Crippen LogP contribution in [0.3, 0.4) is 0 Å². The largest absolute Gasteiger partial charge is 0.446 e. The van der Waals surface area contributed by atoms with Gasteiger partial charge in [0.25, 0.3) is 0 Å². The summed E-state index contributed by atoms with van der Waals surface area (Å²) in [6.07, 6.45) is 4.39. The molecule has 0 heterocycles. The molecule has 44 heavy (non-hydrogen) atoms. The van der Waals surface area contributed by atoms with Crippen LogP contribution < -0.4 is 0 Å². The van der Waals surface area contributed by atoms with Crippen LogP contribution in [0.1, 0.15) is 56.3 Å². The zero-order chi connectivity index (χ0) is 31.3. The summed E-state index contributed by atoms with van der Waals surface area (Å²) in [6, 6.07) is 18.8. The molecule has 4 aliphatic rings. The Morgan fingerprint density at radius 1 is 1.07 bits per heavy atom. The predicted molar refractivity (Wildman–Crippen MR) is 167 cm³/mol. The van der Waals surface area contributed by atoms with Crippen LogP contribution in [0, 0.1) is 34.0 Å². The molecule has 0 aliphatic heterocycles. The number of nitriles is 1. The Morgan fingerprint density at radius 3 is 2.48 bits per heavy atom. The van der Waals surface area contributed by atoms with Gasteiger partial charge in [0.1, 0.15) is 0 Å². The maximum Gasteiger partial charge on any atom is 0.339 e. The first kappa shape index (κ1) is 30.8. The topological polar surface area (TPSA) is 104 Å². The highest BCUT2D eigenvalue weighted by Gasteiger charge is 2.75. The van der Waals surface area contributed by atoms with E-state index in [1.807, 2.05) is 55.5 Å². The summed E-state index contributed by atoms with van der Waals surface area (Å²) >= 11 is 2.36. The van der Waals surface area contributed by atoms with Gasteiger partial charge in [0, 0.05) is 26.5 Å². The number of hydrogen-bond acceptors (Lipinski definition) is 8. The lowest BCUT2D eigenvalue weighted by Gasteiger charge is -2.62. The summed E-state index contributed by atoms with van der Waals surface area (Å²) < 4.78 is 23.8. The fourth-order valence-electron chi connectivity index (χ4n) is 8.46. The molecule has 0 amide bonds. The van der Waals surface area contributed by atoms with E-state index in [-0.39, 0.29) is 35.9 Å². The molecule has 2 aromatic carbocycles. The number of fused-ring (bicyclic) bond motifs is 5. The number of carbonyl (C=O) groups excluding carboxylic acids is 3. The number of carbonyl (C=O) groups is 3. The highest BCUT2D eigenvalue weighted by Crippen LogP contribution is 2.70. The van der Waals surface area contributed by atoms with Crippen molar-refractivity contribution in [1.82, 2.24) is 0 Å². The summed E-state index contributed by atoms with van der Waals surface area (Å²) in [4.78, 5) is 41.8. The van der Waals surface area contributed by atoms with E-state index in [0.29, 0.717) is 24.8 Å². The van der Waals surface area contributed by atoms with E-state index in [1.165, 1.54) is 12.2 Å². The molecule has 0 saturated heterocycles. The summed E-state index contributed by atoms with van der Waals surface area (Å²) in [5, 5.41) is 20.5. The number of nitrogens with zero attached hydrogens (tertiary/aromatic N) is 1. The lowest BCUT2D eigenvalue weighted by Crippen LogP contribution is -2.69. The van der Waals surface area contributed by atoms with Crippen molar-refractivity contribution in [3.8, 4) is 6.07 Å². The van der Waals surface area contributed by atoms with Gasteiger partial charge < -0.3 is 9.84 Å². The molecule has 6 nitrogen and oxygen atoms in total. The van der Waals surface area contributed by atoms with Crippen molar-refractivity contribution in [1.29, 1.82) is 5.26 Å². The van der Waals surface area contributed by atoms with E-state index in [4.69, 9.17) is 4.74 Å². The number of alkyl halides is 1. The SMILES string of the molecule is C[C@]12C=CC(=O)C=C1CCC1C3CC[C@](OC(=O)c4ccc(Sc5ccccc5)cc4)(C(=O)SCC#N)[C@@]3(C)C[C@H](O)C12F. The minimum absolute atomic E-state index is 0.103. The van der Waals surface area contributed by atoms with E-state index in [2.05, 4.69) is 0 Å². The highest BCUT2D eigenvalue weighted by molar-refractivity contribution is 8.14. The Bertz CT molecular complexity index is 1600. The number of ether oxygens (including phenoxy) is 1. The molecule has 3 saturated carbocycles. The zero-order valence-electron chi connectivity index (χ0n) is 24.6. The average Bonchev–Trinajstić information content (AvgIpc) is 3.29. The fourth-order valence-corrected chi connectivity index (χ4v) is 10.1. The minimum Gasteiger partial charge on any atom is -0.446 e. The van der Waals surface area contributed by atoms with Gasteiger partial charge in [0.05, 0.1) is 23.5 Å². The van der Waals surface area contributed by atoms with Gasteiger partial charge >= 0.3 is 5.97 Å². The monoisotopic (exact) mass is 631 g/mol. The number of benzene rings is 2. The van der Waals surface area contributed by atoms with Crippen molar-refractivity contribution >= 4 is 40.4 Å². The number of aliphatic hydroxyl groups excluding tert-OH is 1. The molecule has 3 fully saturated rings. The van der Waals surface area contributed by atoms with Gasteiger partial charge in [-0.3, -0.25) is 9.59 Å². The van der Waals surface area contributed by atoms with Gasteiger partial charge in [-0.1, -0.05) is 60.3 Å². The highest BCUT2D eigenvalue weighted by atomic mass is 32.2. The Hall–Kier alpha value is -3.19. The third kappa shape index (κ3) is 4.60. The third-order valence-corrected chi connectivity index (χ3v) is 12.6. The quantitative estimate of drug-likeness (QED) is 0.344. The number of allylic oxidation sites excluding steroid dienone is 4. The van der Waals surface area contributed by atoms with E-state index < -0.39 is 45.2 Å². The number of halogens is 1. The number of hydrogen-bond donors (Lipinski definition) is 1. The second-order valence-corrected chi connectivity index (χ2v) is 14.8. The van der Waals surface area contributed by atoms with Crippen molar-refractivity contribution in [2.24, 2.45) is 22.7 Å². The molecule has 0 bridgehead atoms. The first-order chi connectivity index (χ1) is 21.0. The van der Waals surface area contributed by atoms with E-state index in [1.54, 1.807) is 36.9 Å². The number of esters is 1. The standard InChI is InChI=1S/C35H34FNO5S2/c1-32-16-14-24(38)20-23(32)10-13-28-27-15-17-34(31(41)43-19-18-37,33(27,2)21-29(39)35(28,32)36)42-30(40)22-8-11-26(12-9-22)44-25-6-4-3-5-7-25/h3-9,11-12,14,16,20,27-29,39H,10,13,15,17,19,21H2,1-2H3/t27?,28?,29-,32-,33-,34-,35?/m0/s1. The Morgan fingerprint density at radius 2 is 1.77 bits per heavy atom. The first-order valence-electron chi connectivity index (χ1n) is 14.9. The van der Waals surface area contributed by atoms with E-state index in [0.717, 1.165) is 21.6 Å². The van der Waals surface area contributed by atoms with Crippen molar-refractivity contribution < 1.29 is 28.6 Å². The van der Waals surface area contributed by atoms with Gasteiger partial charge in [-0.15, -0.1) is 0 Å². The normalized spacial score (nSPS) is 35.5. The van der Waals surface area contributed by atoms with Crippen molar-refractivity contribution in [2.75, 3.05) is 5.75 Å². The van der Waals surface area contributed by atoms with Gasteiger partial charge in [-0.05, 0) is 93.5 Å². The minimum atomic E-state index is -2.06. The maximum atomic E-state index is 17.5. The Balaban J connectivity index is 1.32. The molecule has 0 radical (unpaired) electrons. The van der Waals surface area contributed by atoms with Crippen LogP contribution in [0.4, 0.5) is 4.39 Å². The van der Waals surface area contributed by atoms with Crippen molar-refractivity contribution in [2.45, 2.75) is 73.1 Å². The van der Waals surface area contributed by atoms with Gasteiger partial charge in [-0.25, -0.2) is 9.18 Å². The van der Waals surface area contributed by atoms with Crippen molar-refractivity contribution in [3.05, 3.63) is 84.0 Å². The second kappa shape index (κ2) is 11.3. The molecule has 6 rings (SSSR count).